The van der Waals surface area contributed by atoms with Crippen LogP contribution in [0.15, 0.2) is 11.6 Å². The molecule has 11 N–H and O–H groups in total. The van der Waals surface area contributed by atoms with Crippen molar-refractivity contribution in [3.63, 3.8) is 0 Å². The Labute approximate surface area is 500 Å². The smallest absolute Gasteiger partial charge is 0.726 e. The Morgan fingerprint density at radius 1 is 0.720 bits per heavy atom. The van der Waals surface area contributed by atoms with Crippen LogP contribution in [-0.4, -0.2) is 242 Å². The van der Waals surface area contributed by atoms with E-state index < -0.39 is 198 Å². The van der Waals surface area contributed by atoms with Gasteiger partial charge in [-0.25, -0.2) is 8.42 Å². The number of rotatable bonds is 17. The van der Waals surface area contributed by atoms with Crippen LogP contribution >= 0.6 is 0 Å². The molecular formula is C54H87NaO26S. The van der Waals surface area contributed by atoms with Crippen molar-refractivity contribution >= 4 is 16.4 Å². The molecule has 0 aromatic rings. The van der Waals surface area contributed by atoms with Crippen LogP contribution in [-0.2, 0) is 66.7 Å². The summed E-state index contributed by atoms with van der Waals surface area (Å²) in [5.41, 5.74) is -5.47. The van der Waals surface area contributed by atoms with Crippen LogP contribution in [0.2, 0.25) is 0 Å². The second-order valence-corrected chi connectivity index (χ2v) is 27.0. The fourth-order valence-electron chi connectivity index (χ4n) is 16.4. The predicted octanol–water partition coefficient (Wildman–Crippen LogP) is -4.73. The summed E-state index contributed by atoms with van der Waals surface area (Å²) in [5.74, 6) is -0.449. The van der Waals surface area contributed by atoms with Gasteiger partial charge in [-0.2, -0.15) is 0 Å². The summed E-state index contributed by atoms with van der Waals surface area (Å²) in [6.45, 7) is 13.4. The second-order valence-electron chi connectivity index (χ2n) is 26.0. The normalized spacial score (nSPS) is 51.0. The number of hydrogen-bond acceptors (Lipinski definition) is 26. The van der Waals surface area contributed by atoms with E-state index in [-0.39, 0.29) is 47.8 Å². The molecule has 28 heteroatoms. The first kappa shape index (κ1) is 67.2. The minimum absolute atomic E-state index is 0. The number of methoxy groups -OCH3 is 1. The summed E-state index contributed by atoms with van der Waals surface area (Å²) in [6.07, 6.45) is -27.6. The molecule has 0 aromatic carbocycles. The van der Waals surface area contributed by atoms with Crippen molar-refractivity contribution in [1.29, 1.82) is 0 Å². The number of cyclic esters (lactones) is 1. The molecule has 0 aromatic heterocycles. The predicted molar refractivity (Wildman–Crippen MR) is 272 cm³/mol. The van der Waals surface area contributed by atoms with E-state index in [2.05, 4.69) is 25.0 Å². The third kappa shape index (κ3) is 11.0. The Bertz CT molecular complexity index is 2390. The van der Waals surface area contributed by atoms with E-state index in [1.807, 2.05) is 33.8 Å². The quantitative estimate of drug-likeness (QED) is 0.0163. The number of fused-ring (bicyclic) bond motifs is 4. The molecular weight excluding hydrogens is 1120 g/mol. The Kier molecular flexibility index (Phi) is 20.1. The van der Waals surface area contributed by atoms with Gasteiger partial charge in [0.25, 0.3) is 0 Å². The Morgan fingerprint density at radius 3 is 1.90 bits per heavy atom. The van der Waals surface area contributed by atoms with Crippen LogP contribution in [0.1, 0.15) is 113 Å². The fraction of sp³-hybridized carbons (Fsp3) is 0.944. The molecule has 0 bridgehead atoms. The summed E-state index contributed by atoms with van der Waals surface area (Å²) in [5, 5.41) is 124. The zero-order valence-corrected chi connectivity index (χ0v) is 51.2. The number of aliphatic hydroxyl groups excluding tert-OH is 10. The topological polar surface area (TPSA) is 398 Å². The molecule has 82 heavy (non-hydrogen) atoms. The summed E-state index contributed by atoms with van der Waals surface area (Å²) in [7, 11) is -4.26. The van der Waals surface area contributed by atoms with Crippen LogP contribution in [0, 0.1) is 39.4 Å². The number of hydrogen-bond donors (Lipinski definition) is 11. The number of carbonyl (C=O) groups excluding carboxylic acids is 1. The van der Waals surface area contributed by atoms with Crippen molar-refractivity contribution < 1.29 is 155 Å². The number of carbonyl (C=O) groups is 1. The van der Waals surface area contributed by atoms with Gasteiger partial charge < -0.3 is 108 Å². The van der Waals surface area contributed by atoms with Gasteiger partial charge >= 0.3 is 35.5 Å². The molecule has 3 saturated carbocycles. The van der Waals surface area contributed by atoms with Crippen LogP contribution in [0.4, 0.5) is 0 Å². The molecule has 5 saturated heterocycles. The Morgan fingerprint density at radius 2 is 1.30 bits per heavy atom. The first-order chi connectivity index (χ1) is 37.8. The molecule has 466 valence electrons. The van der Waals surface area contributed by atoms with E-state index in [4.69, 9.17) is 47.4 Å². The first-order valence-electron chi connectivity index (χ1n) is 28.5. The molecule has 26 nitrogen and oxygen atoms in total. The number of esters is 1. The Balaban J connectivity index is 0.00000880. The minimum atomic E-state index is -5.44. The second kappa shape index (κ2) is 24.6. The maximum atomic E-state index is 14.5. The van der Waals surface area contributed by atoms with Crippen LogP contribution in [0.25, 0.3) is 0 Å². The largest absolute Gasteiger partial charge is 1.00 e. The number of aliphatic hydroxyl groups is 11. The third-order valence-electron chi connectivity index (χ3n) is 20.8. The van der Waals surface area contributed by atoms with E-state index >= 15 is 0 Å². The van der Waals surface area contributed by atoms with Gasteiger partial charge in [0.05, 0.1) is 38.1 Å². The summed E-state index contributed by atoms with van der Waals surface area (Å²) in [6, 6.07) is 0. The van der Waals surface area contributed by atoms with E-state index in [9.17, 15) is 73.9 Å². The molecule has 5 heterocycles. The summed E-state index contributed by atoms with van der Waals surface area (Å²) >= 11 is 0. The van der Waals surface area contributed by atoms with Gasteiger partial charge in [0.1, 0.15) is 102 Å². The van der Waals surface area contributed by atoms with E-state index in [0.29, 0.717) is 44.4 Å². The molecule has 12 unspecified atom stereocenters. The average molecular weight is 1210 g/mol. The SMILES string of the molecule is COC1C(O)[C@H](OC2C(O)[C@H](O[C@@H]3C(C)O[C@@H](OC4C(O)[C@H](OS(=O)(=O)[O-])CO[C@H]4O[C@H]4CC[C@]5(C)C6=C[C@H](O)C78C(=O)O[C@@](C)(CCCC(C)C)[C@@]7(O)CC[C@@]8(C)[C@@H]6CC[C@H]5C4(C)C)C(O)C3O)OC(CO)[C@H]2O)OC(CO)[C@H]1O.[Na+]. The molecule has 8 fully saturated rings. The van der Waals surface area contributed by atoms with Crippen molar-refractivity contribution in [1.82, 2.24) is 0 Å². The van der Waals surface area contributed by atoms with Crippen LogP contribution in [0.3, 0.4) is 0 Å². The maximum absolute atomic E-state index is 14.5. The van der Waals surface area contributed by atoms with Crippen molar-refractivity contribution in [3.05, 3.63) is 11.6 Å². The van der Waals surface area contributed by atoms with Gasteiger partial charge in [-0.05, 0) is 99.2 Å². The molecule has 4 aliphatic carbocycles. The molecule has 0 amide bonds. The van der Waals surface area contributed by atoms with Crippen molar-refractivity contribution in [3.8, 4) is 0 Å². The van der Waals surface area contributed by atoms with E-state index in [1.165, 1.54) is 14.0 Å². The zero-order valence-electron chi connectivity index (χ0n) is 48.4. The maximum Gasteiger partial charge on any atom is 1.00 e. The molecule has 0 radical (unpaired) electrons. The fourth-order valence-corrected chi connectivity index (χ4v) is 16.9. The number of ether oxygens (including phenoxy) is 10. The van der Waals surface area contributed by atoms with Crippen LogP contribution < -0.4 is 29.6 Å². The van der Waals surface area contributed by atoms with Gasteiger partial charge in [0.2, 0.25) is 10.4 Å². The average Bonchev–Trinajstić information content (AvgIpc) is 1.54. The standard InChI is InChI=1S/C54H88O26S.Na/c1-23(2)11-10-15-52(8)53(66)18-17-51(7)25-12-13-30-49(4,5)32(14-16-50(30,6)26(25)19-31(57)54(51,53)48(65)79-52)75-47-43(35(60)29(22-71-47)80-81(67,68)69)78-44-37(62)36(61)40(24(3)72-44)76-46-39(64)42(34(59)28(21-56)74-46)77-45-38(63)41(70-9)33(58)27(20-55)73-45;/h19,23-25,27-47,55-64,66H,10-18,20-22H2,1-9H3,(H,67,68,69);/q;+1/p-1/t24?,25-,27?,28?,29-,30+,31+,32+,33-,34-,35?,36?,37?,38?,39?,40-,41?,42?,43?,44+,45+,46+,47+,50-,51+,52+,53+,54?;/m1./s1. The van der Waals surface area contributed by atoms with E-state index in [1.54, 1.807) is 0 Å². The van der Waals surface area contributed by atoms with Gasteiger partial charge in [-0.15, -0.1) is 0 Å². The Hall–Kier alpha value is -0.720. The zero-order chi connectivity index (χ0) is 59.5. The van der Waals surface area contributed by atoms with Gasteiger partial charge in [0, 0.05) is 7.11 Å². The summed E-state index contributed by atoms with van der Waals surface area (Å²) in [4.78, 5) is 14.5. The van der Waals surface area contributed by atoms with Crippen molar-refractivity contribution in [2.24, 2.45) is 39.4 Å². The molecule has 5 aliphatic heterocycles. The molecule has 28 atom stereocenters. The first-order valence-corrected chi connectivity index (χ1v) is 29.8. The van der Waals surface area contributed by atoms with Gasteiger partial charge in [0.15, 0.2) is 25.2 Å². The summed E-state index contributed by atoms with van der Waals surface area (Å²) < 4.78 is 99.7. The molecule has 9 rings (SSSR count). The van der Waals surface area contributed by atoms with Crippen molar-refractivity contribution in [2.75, 3.05) is 26.9 Å². The number of allylic oxidation sites excluding steroid dienone is 1. The van der Waals surface area contributed by atoms with E-state index in [0.717, 1.165) is 18.4 Å². The molecule has 9 aliphatic rings. The van der Waals surface area contributed by atoms with Gasteiger partial charge in [-0.1, -0.05) is 59.6 Å². The van der Waals surface area contributed by atoms with Crippen molar-refractivity contribution in [2.45, 2.75) is 253 Å². The third-order valence-corrected chi connectivity index (χ3v) is 21.3. The van der Waals surface area contributed by atoms with Crippen LogP contribution in [0.5, 0.6) is 0 Å². The molecule has 1 spiro atoms. The van der Waals surface area contributed by atoms with Gasteiger partial charge in [-0.3, -0.25) is 8.98 Å². The minimum Gasteiger partial charge on any atom is -0.726 e. The monoisotopic (exact) mass is 1210 g/mol.